The summed E-state index contributed by atoms with van der Waals surface area (Å²) >= 11 is 2.17. The van der Waals surface area contributed by atoms with Gasteiger partial charge in [0.15, 0.2) is 0 Å². The molecule has 6 unspecified atom stereocenters. The van der Waals surface area contributed by atoms with Gasteiger partial charge in [0.1, 0.15) is 0 Å². The second kappa shape index (κ2) is 9.59. The molecule has 0 radical (unpaired) electrons. The maximum atomic E-state index is 4.94. The van der Waals surface area contributed by atoms with E-state index in [1.54, 1.807) is 27.3 Å². The van der Waals surface area contributed by atoms with Gasteiger partial charge in [-0.2, -0.15) is 0 Å². The molecule has 0 bridgehead atoms. The molecule has 0 saturated carbocycles. The minimum Gasteiger partial charge on any atom is -0.341 e. The van der Waals surface area contributed by atoms with Crippen molar-refractivity contribution < 1.29 is 0 Å². The van der Waals surface area contributed by atoms with E-state index in [4.69, 9.17) is 4.99 Å². The van der Waals surface area contributed by atoms with Gasteiger partial charge in [-0.1, -0.05) is 60.8 Å². The maximum absolute atomic E-state index is 4.94. The fraction of sp³-hybridized carbons (Fsp3) is 0.457. The third kappa shape index (κ3) is 3.72. The number of rotatable bonds is 3. The summed E-state index contributed by atoms with van der Waals surface area (Å²) < 4.78 is 0. The highest BCUT2D eigenvalue weighted by Gasteiger charge is 2.48. The predicted molar refractivity (Wildman–Crippen MR) is 161 cm³/mol. The van der Waals surface area contributed by atoms with Gasteiger partial charge in [-0.15, -0.1) is 11.8 Å². The zero-order valence-corrected chi connectivity index (χ0v) is 23.1. The number of fused-ring (bicyclic) bond motifs is 5. The Balaban J connectivity index is 1.25. The molecule has 38 heavy (non-hydrogen) atoms. The van der Waals surface area contributed by atoms with Crippen molar-refractivity contribution in [1.29, 1.82) is 0 Å². The minimum atomic E-state index is 0.396. The first-order chi connectivity index (χ1) is 18.9. The van der Waals surface area contributed by atoms with Crippen molar-refractivity contribution in [3.8, 4) is 0 Å². The molecule has 5 aliphatic carbocycles. The van der Waals surface area contributed by atoms with E-state index in [1.807, 2.05) is 0 Å². The predicted octanol–water partition coefficient (Wildman–Crippen LogP) is 8.38. The Hall–Kier alpha value is -2.52. The molecular weight excluding hydrogens is 480 g/mol. The highest BCUT2D eigenvalue weighted by Crippen LogP contribution is 2.58. The van der Waals surface area contributed by atoms with Crippen molar-refractivity contribution in [2.45, 2.75) is 69.1 Å². The summed E-state index contributed by atoms with van der Waals surface area (Å²) in [7, 11) is 0. The molecule has 2 nitrogen and oxygen atoms in total. The summed E-state index contributed by atoms with van der Waals surface area (Å²) in [5.74, 6) is 2.36. The second-order valence-electron chi connectivity index (χ2n) is 12.2. The molecule has 0 aromatic rings. The van der Waals surface area contributed by atoms with Gasteiger partial charge < -0.3 is 4.90 Å². The number of nitrogens with zero attached hydrogens (tertiary/aromatic N) is 2. The number of hydrogen-bond acceptors (Lipinski definition) is 3. The van der Waals surface area contributed by atoms with Crippen LogP contribution in [0.5, 0.6) is 0 Å². The molecule has 0 spiro atoms. The van der Waals surface area contributed by atoms with E-state index < -0.39 is 0 Å². The van der Waals surface area contributed by atoms with Gasteiger partial charge in [-0.05, 0) is 91.6 Å². The van der Waals surface area contributed by atoms with E-state index >= 15 is 0 Å². The molecule has 8 rings (SSSR count). The van der Waals surface area contributed by atoms with Crippen LogP contribution in [0.2, 0.25) is 0 Å². The van der Waals surface area contributed by atoms with Crippen molar-refractivity contribution in [2.75, 3.05) is 6.54 Å². The van der Waals surface area contributed by atoms with Crippen LogP contribution in [0.1, 0.15) is 57.8 Å². The molecule has 0 aromatic carbocycles. The van der Waals surface area contributed by atoms with E-state index in [1.165, 1.54) is 56.4 Å². The Morgan fingerprint density at radius 1 is 0.868 bits per heavy atom. The molecule has 8 aliphatic rings. The van der Waals surface area contributed by atoms with Crippen LogP contribution in [0, 0.1) is 23.7 Å². The van der Waals surface area contributed by atoms with Crippen molar-refractivity contribution in [1.82, 2.24) is 4.90 Å². The number of allylic oxidation sites excluding steroid dienone is 13. The Kier molecular flexibility index (Phi) is 5.90. The van der Waals surface area contributed by atoms with Crippen molar-refractivity contribution in [2.24, 2.45) is 28.7 Å². The van der Waals surface area contributed by atoms with Crippen LogP contribution in [-0.2, 0) is 0 Å². The van der Waals surface area contributed by atoms with Gasteiger partial charge in [0.25, 0.3) is 0 Å². The highest BCUT2D eigenvalue weighted by molar-refractivity contribution is 8.04. The topological polar surface area (TPSA) is 15.6 Å². The molecule has 0 aromatic heterocycles. The number of thioether (sulfide) groups is 1. The van der Waals surface area contributed by atoms with E-state index in [0.29, 0.717) is 29.0 Å². The summed E-state index contributed by atoms with van der Waals surface area (Å²) in [5.41, 5.74) is 9.49. The average Bonchev–Trinajstić information content (AvgIpc) is 3.53. The van der Waals surface area contributed by atoms with E-state index in [0.717, 1.165) is 25.3 Å². The summed E-state index contributed by atoms with van der Waals surface area (Å²) in [6, 6.07) is 0.602. The molecule has 1 saturated heterocycles. The quantitative estimate of drug-likeness (QED) is 0.349. The van der Waals surface area contributed by atoms with Crippen LogP contribution < -0.4 is 0 Å². The Bertz CT molecular complexity index is 1340. The monoisotopic (exact) mass is 518 g/mol. The first kappa shape index (κ1) is 23.4. The molecule has 3 heterocycles. The van der Waals surface area contributed by atoms with Crippen LogP contribution in [0.25, 0.3) is 0 Å². The fourth-order valence-electron chi connectivity index (χ4n) is 8.44. The molecule has 0 amide bonds. The van der Waals surface area contributed by atoms with Gasteiger partial charge in [0, 0.05) is 58.6 Å². The number of dihydropyridines is 1. The lowest BCUT2D eigenvalue weighted by Gasteiger charge is -2.40. The van der Waals surface area contributed by atoms with Crippen LogP contribution in [0.3, 0.4) is 0 Å². The maximum Gasteiger partial charge on any atom is 0.0455 e. The van der Waals surface area contributed by atoms with Gasteiger partial charge in [-0.3, -0.25) is 4.99 Å². The van der Waals surface area contributed by atoms with Gasteiger partial charge in [0.2, 0.25) is 0 Å². The van der Waals surface area contributed by atoms with E-state index in [2.05, 4.69) is 89.6 Å². The average molecular weight is 519 g/mol. The van der Waals surface area contributed by atoms with Crippen LogP contribution in [0.15, 0.2) is 111 Å². The second-order valence-corrected chi connectivity index (χ2v) is 13.4. The number of hydrogen-bond donors (Lipinski definition) is 0. The highest BCUT2D eigenvalue weighted by atomic mass is 32.2. The lowest BCUT2D eigenvalue weighted by Crippen LogP contribution is -2.37. The van der Waals surface area contributed by atoms with Gasteiger partial charge in [-0.25, -0.2) is 0 Å². The lowest BCUT2D eigenvalue weighted by molar-refractivity contribution is 0.279. The van der Waals surface area contributed by atoms with Crippen molar-refractivity contribution in [3.05, 3.63) is 106 Å². The van der Waals surface area contributed by atoms with E-state index in [-0.39, 0.29) is 0 Å². The Morgan fingerprint density at radius 2 is 1.79 bits per heavy atom. The molecule has 1 fully saturated rings. The molecular formula is C35H38N2S. The van der Waals surface area contributed by atoms with Crippen LogP contribution in [0.4, 0.5) is 0 Å². The lowest BCUT2D eigenvalue weighted by atomic mass is 9.75. The Morgan fingerprint density at radius 3 is 2.74 bits per heavy atom. The van der Waals surface area contributed by atoms with Crippen LogP contribution in [-0.4, -0.2) is 28.4 Å². The summed E-state index contributed by atoms with van der Waals surface area (Å²) in [5, 5.41) is 0.513. The normalized spacial score (nSPS) is 37.1. The smallest absolute Gasteiger partial charge is 0.0455 e. The van der Waals surface area contributed by atoms with E-state index in [9.17, 15) is 0 Å². The molecule has 3 aliphatic heterocycles. The minimum absolute atomic E-state index is 0.396. The van der Waals surface area contributed by atoms with Crippen molar-refractivity contribution >= 4 is 17.5 Å². The first-order valence-corrected chi connectivity index (χ1v) is 16.0. The zero-order chi connectivity index (χ0) is 25.1. The first-order valence-electron chi connectivity index (χ1n) is 15.1. The molecule has 3 heteroatoms. The summed E-state index contributed by atoms with van der Waals surface area (Å²) in [6.07, 6.45) is 40.0. The largest absolute Gasteiger partial charge is 0.341 e. The number of aliphatic imine (C=N–C) groups is 1. The molecule has 194 valence electrons. The summed E-state index contributed by atoms with van der Waals surface area (Å²) in [4.78, 5) is 9.42. The van der Waals surface area contributed by atoms with Gasteiger partial charge >= 0.3 is 0 Å². The SMILES string of the molecule is C1=CCC2C(=C1)SC1C(C3=CC=CC(C4=NCCC=C4)C3)=C(N3C4=C(CCCC4)C4CC=CCC43)C=CC21. The van der Waals surface area contributed by atoms with Crippen LogP contribution >= 0.6 is 11.8 Å². The Labute approximate surface area is 232 Å². The fourth-order valence-corrected chi connectivity index (χ4v) is 10.1. The third-order valence-corrected chi connectivity index (χ3v) is 11.7. The molecule has 6 atom stereocenters. The molecule has 0 N–H and O–H groups in total. The van der Waals surface area contributed by atoms with Crippen molar-refractivity contribution in [3.63, 3.8) is 0 Å². The standard InChI is InChI=1S/C35H38N2S/c1-4-16-30-25(12-1)26-13-2-5-17-31(26)37(30)32-20-19-28-27-14-3-6-18-33(27)38-35(28)34(32)24-11-9-10-23(22-24)29-15-7-8-21-36-29/h1,3-4,6-7,9-11,15,18-20,23,25,27-28,30,35H,2,5,8,12-14,16-17,21-22H2. The summed E-state index contributed by atoms with van der Waals surface area (Å²) in [6.45, 7) is 0.941. The zero-order valence-electron chi connectivity index (χ0n) is 22.3. The third-order valence-electron chi connectivity index (χ3n) is 10.2. The van der Waals surface area contributed by atoms with Gasteiger partial charge in [0.05, 0.1) is 0 Å².